The summed E-state index contributed by atoms with van der Waals surface area (Å²) in [4.78, 5) is 15.2. The summed E-state index contributed by atoms with van der Waals surface area (Å²) in [5.41, 5.74) is 12.7. The molecule has 0 atom stereocenters. The number of anilines is 1. The largest absolute Gasteiger partial charge is 0.396 e. The number of aromatic nitrogens is 3. The fourth-order valence-corrected chi connectivity index (χ4v) is 1.83. The van der Waals surface area contributed by atoms with Crippen molar-refractivity contribution in [1.82, 2.24) is 14.8 Å². The molecule has 2 heterocycles. The van der Waals surface area contributed by atoms with E-state index < -0.39 is 5.91 Å². The Morgan fingerprint density at radius 3 is 2.78 bits per heavy atom. The minimum Gasteiger partial charge on any atom is -0.396 e. The minimum absolute atomic E-state index is 0.183. The smallest absolute Gasteiger partial charge is 0.267 e. The predicted molar refractivity (Wildman–Crippen MR) is 66.3 cm³/mol. The van der Waals surface area contributed by atoms with Crippen LogP contribution in [0.3, 0.4) is 0 Å². The SMILES string of the molecule is NC(=O)c1ccc(N)c(-n2ccc(C3CC3)n2)n1. The number of primary amides is 1. The second kappa shape index (κ2) is 3.83. The van der Waals surface area contributed by atoms with Crippen molar-refractivity contribution in [2.24, 2.45) is 5.73 Å². The summed E-state index contributed by atoms with van der Waals surface area (Å²) in [5.74, 6) is 0.427. The minimum atomic E-state index is -0.578. The molecule has 6 nitrogen and oxygen atoms in total. The van der Waals surface area contributed by atoms with E-state index in [1.54, 1.807) is 16.9 Å². The van der Waals surface area contributed by atoms with Crippen LogP contribution in [0.15, 0.2) is 24.4 Å². The molecule has 0 aliphatic heterocycles. The van der Waals surface area contributed by atoms with Gasteiger partial charge in [0.15, 0.2) is 5.82 Å². The van der Waals surface area contributed by atoms with Crippen LogP contribution in [0.2, 0.25) is 0 Å². The molecule has 1 fully saturated rings. The number of nitrogen functional groups attached to an aromatic ring is 1. The highest BCUT2D eigenvalue weighted by atomic mass is 16.1. The van der Waals surface area contributed by atoms with Crippen LogP contribution in [0, 0.1) is 0 Å². The molecule has 2 aromatic rings. The lowest BCUT2D eigenvalue weighted by atomic mass is 10.3. The summed E-state index contributed by atoms with van der Waals surface area (Å²) in [5, 5.41) is 4.43. The molecule has 18 heavy (non-hydrogen) atoms. The molecular weight excluding hydrogens is 230 g/mol. The van der Waals surface area contributed by atoms with Crippen LogP contribution in [-0.2, 0) is 0 Å². The van der Waals surface area contributed by atoms with E-state index in [-0.39, 0.29) is 5.69 Å². The summed E-state index contributed by atoms with van der Waals surface area (Å²) in [7, 11) is 0. The highest BCUT2D eigenvalue weighted by Gasteiger charge is 2.26. The summed E-state index contributed by atoms with van der Waals surface area (Å²) < 4.78 is 1.59. The van der Waals surface area contributed by atoms with Gasteiger partial charge in [-0.15, -0.1) is 0 Å². The fraction of sp³-hybridized carbons (Fsp3) is 0.250. The maximum atomic E-state index is 11.1. The van der Waals surface area contributed by atoms with Gasteiger partial charge in [0, 0.05) is 12.1 Å². The van der Waals surface area contributed by atoms with Gasteiger partial charge in [-0.05, 0) is 31.0 Å². The van der Waals surface area contributed by atoms with Gasteiger partial charge in [0.05, 0.1) is 11.4 Å². The lowest BCUT2D eigenvalue weighted by Crippen LogP contribution is -2.15. The third-order valence-corrected chi connectivity index (χ3v) is 2.98. The van der Waals surface area contributed by atoms with Crippen molar-refractivity contribution in [3.05, 3.63) is 35.8 Å². The Balaban J connectivity index is 2.03. The number of nitrogens with two attached hydrogens (primary N) is 2. The average molecular weight is 243 g/mol. The molecule has 6 heteroatoms. The van der Waals surface area contributed by atoms with Gasteiger partial charge in [-0.1, -0.05) is 0 Å². The number of hydrogen-bond acceptors (Lipinski definition) is 4. The van der Waals surface area contributed by atoms with Crippen LogP contribution in [-0.4, -0.2) is 20.7 Å². The molecule has 0 bridgehead atoms. The third kappa shape index (κ3) is 1.81. The molecule has 0 radical (unpaired) electrons. The molecule has 0 unspecified atom stereocenters. The van der Waals surface area contributed by atoms with E-state index in [0.717, 1.165) is 5.69 Å². The van der Waals surface area contributed by atoms with Crippen LogP contribution in [0.4, 0.5) is 5.69 Å². The van der Waals surface area contributed by atoms with Gasteiger partial charge in [0.1, 0.15) is 5.69 Å². The Morgan fingerprint density at radius 1 is 1.33 bits per heavy atom. The molecule has 0 aromatic carbocycles. The van der Waals surface area contributed by atoms with Gasteiger partial charge in [0.25, 0.3) is 5.91 Å². The molecule has 2 aromatic heterocycles. The first-order valence-electron chi connectivity index (χ1n) is 5.77. The molecule has 92 valence electrons. The Hall–Kier alpha value is -2.37. The molecular formula is C12H13N5O. The van der Waals surface area contributed by atoms with Gasteiger partial charge in [0.2, 0.25) is 0 Å². The lowest BCUT2D eigenvalue weighted by Gasteiger charge is -2.05. The van der Waals surface area contributed by atoms with Crippen LogP contribution < -0.4 is 11.5 Å². The lowest BCUT2D eigenvalue weighted by molar-refractivity contribution is 0.0995. The zero-order valence-electron chi connectivity index (χ0n) is 9.71. The van der Waals surface area contributed by atoms with Crippen LogP contribution in [0.5, 0.6) is 0 Å². The molecule has 4 N–H and O–H groups in total. The summed E-state index contributed by atoms with van der Waals surface area (Å²) in [6.45, 7) is 0. The van der Waals surface area contributed by atoms with Crippen LogP contribution in [0.1, 0.15) is 34.9 Å². The Labute approximate surface area is 104 Å². The number of carbonyl (C=O) groups is 1. The first-order chi connectivity index (χ1) is 8.65. The van der Waals surface area contributed by atoms with Gasteiger partial charge in [-0.3, -0.25) is 4.79 Å². The van der Waals surface area contributed by atoms with E-state index >= 15 is 0 Å². The standard InChI is InChI=1S/C12H13N5O/c13-8-3-4-10(11(14)18)15-12(8)17-6-5-9(16-17)7-1-2-7/h3-7H,1-2,13H2,(H2,14,18). The number of hydrogen-bond donors (Lipinski definition) is 2. The number of rotatable bonds is 3. The molecule has 1 aliphatic carbocycles. The zero-order valence-corrected chi connectivity index (χ0v) is 9.71. The maximum Gasteiger partial charge on any atom is 0.267 e. The maximum absolute atomic E-state index is 11.1. The number of carbonyl (C=O) groups excluding carboxylic acids is 1. The van der Waals surface area contributed by atoms with E-state index in [4.69, 9.17) is 11.5 Å². The van der Waals surface area contributed by atoms with Gasteiger partial charge < -0.3 is 11.5 Å². The van der Waals surface area contributed by atoms with Gasteiger partial charge in [-0.25, -0.2) is 9.67 Å². The van der Waals surface area contributed by atoms with E-state index in [2.05, 4.69) is 10.1 Å². The van der Waals surface area contributed by atoms with Gasteiger partial charge in [-0.2, -0.15) is 5.10 Å². The second-order valence-corrected chi connectivity index (χ2v) is 4.43. The normalized spacial score (nSPS) is 14.7. The predicted octanol–water partition coefficient (Wildman–Crippen LogP) is 0.826. The first kappa shape index (κ1) is 10.8. The van der Waals surface area contributed by atoms with E-state index in [1.807, 2.05) is 6.07 Å². The molecule has 1 saturated carbocycles. The number of amides is 1. The van der Waals surface area contributed by atoms with Crippen molar-refractivity contribution in [3.8, 4) is 5.82 Å². The summed E-state index contributed by atoms with van der Waals surface area (Å²) in [6.07, 6.45) is 4.17. The summed E-state index contributed by atoms with van der Waals surface area (Å²) in [6, 6.07) is 5.07. The average Bonchev–Trinajstić information content (AvgIpc) is 3.08. The number of nitrogens with zero attached hydrogens (tertiary/aromatic N) is 3. The highest BCUT2D eigenvalue weighted by molar-refractivity contribution is 5.91. The van der Waals surface area contributed by atoms with Crippen LogP contribution in [0.25, 0.3) is 5.82 Å². The van der Waals surface area contributed by atoms with Crippen molar-refractivity contribution in [2.45, 2.75) is 18.8 Å². The molecule has 1 amide bonds. The second-order valence-electron chi connectivity index (χ2n) is 4.43. The highest BCUT2D eigenvalue weighted by Crippen LogP contribution is 2.39. The van der Waals surface area contributed by atoms with E-state index in [9.17, 15) is 4.79 Å². The zero-order chi connectivity index (χ0) is 12.7. The molecule has 0 saturated heterocycles. The first-order valence-corrected chi connectivity index (χ1v) is 5.77. The molecule has 0 spiro atoms. The van der Waals surface area contributed by atoms with Crippen LogP contribution >= 0.6 is 0 Å². The van der Waals surface area contributed by atoms with Crippen molar-refractivity contribution in [2.75, 3.05) is 5.73 Å². The topological polar surface area (TPSA) is 99.8 Å². The van der Waals surface area contributed by atoms with Crippen molar-refractivity contribution >= 4 is 11.6 Å². The fourth-order valence-electron chi connectivity index (χ4n) is 1.83. The van der Waals surface area contributed by atoms with Gasteiger partial charge >= 0.3 is 0 Å². The Kier molecular flexibility index (Phi) is 2.29. The number of pyridine rings is 1. The monoisotopic (exact) mass is 243 g/mol. The summed E-state index contributed by atoms with van der Waals surface area (Å²) >= 11 is 0. The van der Waals surface area contributed by atoms with E-state index in [1.165, 1.54) is 18.9 Å². The Bertz CT molecular complexity index is 615. The van der Waals surface area contributed by atoms with Crippen molar-refractivity contribution < 1.29 is 4.79 Å². The molecule has 3 rings (SSSR count). The van der Waals surface area contributed by atoms with E-state index in [0.29, 0.717) is 17.4 Å². The third-order valence-electron chi connectivity index (χ3n) is 2.98. The quantitative estimate of drug-likeness (QED) is 0.833. The molecule has 1 aliphatic rings. The van der Waals surface area contributed by atoms with Crippen molar-refractivity contribution in [1.29, 1.82) is 0 Å². The van der Waals surface area contributed by atoms with Crippen molar-refractivity contribution in [3.63, 3.8) is 0 Å². The Morgan fingerprint density at radius 2 is 2.11 bits per heavy atom.